The Morgan fingerprint density at radius 3 is 2.58 bits per heavy atom. The second kappa shape index (κ2) is 6.93. The van der Waals surface area contributed by atoms with Gasteiger partial charge in [-0.3, -0.25) is 9.78 Å². The summed E-state index contributed by atoms with van der Waals surface area (Å²) in [5.74, 6) is -0.242. The predicted molar refractivity (Wildman–Crippen MR) is 100 cm³/mol. The van der Waals surface area contributed by atoms with Crippen LogP contribution in [-0.2, 0) is 0 Å². The number of aryl methyl sites for hydroxylation is 1. The van der Waals surface area contributed by atoms with Gasteiger partial charge in [0.1, 0.15) is 0 Å². The molecule has 0 spiro atoms. The average molecular weight is 382 g/mol. The molecular weight excluding hydrogens is 366 g/mol. The van der Waals surface area contributed by atoms with E-state index in [9.17, 15) is 4.79 Å². The number of nitrogens with one attached hydrogen (secondary N) is 1. The molecule has 1 amide bonds. The van der Waals surface area contributed by atoms with Gasteiger partial charge in [-0.15, -0.1) is 0 Å². The monoisotopic (exact) mass is 381 g/mol. The molecule has 0 radical (unpaired) electrons. The van der Waals surface area contributed by atoms with E-state index in [0.29, 0.717) is 5.56 Å². The predicted octanol–water partition coefficient (Wildman–Crippen LogP) is 4.46. The van der Waals surface area contributed by atoms with Crippen molar-refractivity contribution in [3.8, 4) is 0 Å². The summed E-state index contributed by atoms with van der Waals surface area (Å²) in [5, 5.41) is 5.04. The summed E-state index contributed by atoms with van der Waals surface area (Å²) in [6, 6.07) is 17.1. The Bertz CT molecular complexity index is 933. The second-order valence-corrected chi connectivity index (χ2v) is 6.39. The van der Waals surface area contributed by atoms with Crippen LogP contribution in [0.15, 0.2) is 64.2 Å². The molecule has 120 valence electrons. The van der Waals surface area contributed by atoms with Crippen LogP contribution in [0.3, 0.4) is 0 Å². The lowest BCUT2D eigenvalue weighted by atomic mass is 10.1. The third kappa shape index (κ3) is 3.51. The van der Waals surface area contributed by atoms with Crippen LogP contribution in [0.5, 0.6) is 0 Å². The van der Waals surface area contributed by atoms with Gasteiger partial charge in [-0.2, -0.15) is 5.10 Å². The summed E-state index contributed by atoms with van der Waals surface area (Å²) in [6.45, 7) is 3.74. The fraction of sp³-hybridized carbons (Fsp3) is 0.105. The fourth-order valence-corrected chi connectivity index (χ4v) is 2.71. The fourth-order valence-electron chi connectivity index (χ4n) is 2.45. The normalized spacial score (nSPS) is 11.5. The molecule has 0 unspecified atom stereocenters. The van der Waals surface area contributed by atoms with Crippen molar-refractivity contribution in [1.82, 2.24) is 10.4 Å². The van der Waals surface area contributed by atoms with Crippen LogP contribution in [0.25, 0.3) is 10.9 Å². The van der Waals surface area contributed by atoms with E-state index < -0.39 is 0 Å². The number of rotatable bonds is 3. The maximum absolute atomic E-state index is 12.5. The smallest absolute Gasteiger partial charge is 0.267 e. The number of fused-ring (bicyclic) bond motifs is 1. The average Bonchev–Trinajstić information content (AvgIpc) is 2.59. The molecule has 0 atom stereocenters. The molecule has 1 heterocycles. The number of amides is 1. The molecule has 3 rings (SSSR count). The lowest BCUT2D eigenvalue weighted by molar-refractivity contribution is 0.0956. The summed E-state index contributed by atoms with van der Waals surface area (Å²) in [4.78, 5) is 17.0. The molecular formula is C19H16BrN3O. The van der Waals surface area contributed by atoms with Gasteiger partial charge in [0.2, 0.25) is 0 Å². The van der Waals surface area contributed by atoms with Gasteiger partial charge in [0.25, 0.3) is 5.91 Å². The van der Waals surface area contributed by atoms with E-state index in [2.05, 4.69) is 31.4 Å². The van der Waals surface area contributed by atoms with Crippen molar-refractivity contribution in [2.24, 2.45) is 5.10 Å². The first-order valence-corrected chi connectivity index (χ1v) is 8.31. The maximum atomic E-state index is 12.5. The minimum atomic E-state index is -0.242. The summed E-state index contributed by atoms with van der Waals surface area (Å²) < 4.78 is 1.00. The molecule has 1 aromatic heterocycles. The lowest BCUT2D eigenvalue weighted by Crippen LogP contribution is -2.20. The Kier molecular flexibility index (Phi) is 4.71. The summed E-state index contributed by atoms with van der Waals surface area (Å²) in [7, 11) is 0. The standard InChI is InChI=1S/C19H16BrN3O/c1-12-11-17(16-5-3-4-6-18(16)21-12)19(24)23-22-13(2)14-7-9-15(20)10-8-14/h3-11H,1-2H3,(H,23,24)/b22-13+. The number of benzene rings is 2. The molecule has 1 N–H and O–H groups in total. The highest BCUT2D eigenvalue weighted by Gasteiger charge is 2.11. The molecule has 4 nitrogen and oxygen atoms in total. The van der Waals surface area contributed by atoms with Crippen LogP contribution in [-0.4, -0.2) is 16.6 Å². The second-order valence-electron chi connectivity index (χ2n) is 5.47. The molecule has 0 saturated heterocycles. The third-order valence-corrected chi connectivity index (χ3v) is 4.20. The van der Waals surface area contributed by atoms with Gasteiger partial charge in [0.05, 0.1) is 16.8 Å². The first-order chi connectivity index (χ1) is 11.5. The Balaban J connectivity index is 1.87. The van der Waals surface area contributed by atoms with Gasteiger partial charge in [0.15, 0.2) is 0 Å². The van der Waals surface area contributed by atoms with Crippen molar-refractivity contribution >= 4 is 38.5 Å². The van der Waals surface area contributed by atoms with Crippen molar-refractivity contribution in [3.05, 3.63) is 75.9 Å². The summed E-state index contributed by atoms with van der Waals surface area (Å²) >= 11 is 3.40. The van der Waals surface area contributed by atoms with Crippen LogP contribution >= 0.6 is 15.9 Å². The van der Waals surface area contributed by atoms with Crippen molar-refractivity contribution in [3.63, 3.8) is 0 Å². The van der Waals surface area contributed by atoms with E-state index in [4.69, 9.17) is 0 Å². The number of hydrogen-bond acceptors (Lipinski definition) is 3. The number of carbonyl (C=O) groups excluding carboxylic acids is 1. The first kappa shape index (κ1) is 16.3. The van der Waals surface area contributed by atoms with Gasteiger partial charge in [0, 0.05) is 15.6 Å². The van der Waals surface area contributed by atoms with Gasteiger partial charge in [-0.05, 0) is 43.7 Å². The highest BCUT2D eigenvalue weighted by atomic mass is 79.9. The number of para-hydroxylation sites is 1. The van der Waals surface area contributed by atoms with E-state index >= 15 is 0 Å². The van der Waals surface area contributed by atoms with Crippen LogP contribution in [0.1, 0.15) is 28.5 Å². The molecule has 0 aliphatic carbocycles. The lowest BCUT2D eigenvalue weighted by Gasteiger charge is -2.07. The Labute approximate surface area is 148 Å². The zero-order valence-corrected chi connectivity index (χ0v) is 15.0. The van der Waals surface area contributed by atoms with Crippen LogP contribution in [0, 0.1) is 6.92 Å². The number of hydrazone groups is 1. The van der Waals surface area contributed by atoms with Gasteiger partial charge < -0.3 is 0 Å². The minimum absolute atomic E-state index is 0.242. The van der Waals surface area contributed by atoms with Crippen LogP contribution in [0.4, 0.5) is 0 Å². The molecule has 3 aromatic rings. The highest BCUT2D eigenvalue weighted by Crippen LogP contribution is 2.18. The van der Waals surface area contributed by atoms with Crippen molar-refractivity contribution in [2.75, 3.05) is 0 Å². The summed E-state index contributed by atoms with van der Waals surface area (Å²) in [6.07, 6.45) is 0. The quantitative estimate of drug-likeness (QED) is 0.537. The van der Waals surface area contributed by atoms with Crippen molar-refractivity contribution < 1.29 is 4.79 Å². The number of carbonyl (C=O) groups is 1. The highest BCUT2D eigenvalue weighted by molar-refractivity contribution is 9.10. The molecule has 0 aliphatic rings. The number of nitrogens with zero attached hydrogens (tertiary/aromatic N) is 2. The van der Waals surface area contributed by atoms with Crippen LogP contribution < -0.4 is 5.43 Å². The van der Waals surface area contributed by atoms with Gasteiger partial charge in [-0.25, -0.2) is 5.43 Å². The van der Waals surface area contributed by atoms with E-state index in [-0.39, 0.29) is 5.91 Å². The van der Waals surface area contributed by atoms with E-state index in [0.717, 1.165) is 32.3 Å². The van der Waals surface area contributed by atoms with E-state index in [1.165, 1.54) is 0 Å². The van der Waals surface area contributed by atoms with E-state index in [1.807, 2.05) is 62.4 Å². The zero-order valence-electron chi connectivity index (χ0n) is 13.4. The molecule has 0 saturated carbocycles. The zero-order chi connectivity index (χ0) is 17.1. The Morgan fingerprint density at radius 2 is 1.83 bits per heavy atom. The van der Waals surface area contributed by atoms with E-state index in [1.54, 1.807) is 6.07 Å². The van der Waals surface area contributed by atoms with Crippen LogP contribution in [0.2, 0.25) is 0 Å². The number of pyridine rings is 1. The molecule has 0 aliphatic heterocycles. The van der Waals surface area contributed by atoms with Gasteiger partial charge >= 0.3 is 0 Å². The number of aromatic nitrogens is 1. The largest absolute Gasteiger partial charge is 0.272 e. The Morgan fingerprint density at radius 1 is 1.12 bits per heavy atom. The van der Waals surface area contributed by atoms with Crippen molar-refractivity contribution in [2.45, 2.75) is 13.8 Å². The summed E-state index contributed by atoms with van der Waals surface area (Å²) in [5.41, 5.74) is 6.51. The molecule has 24 heavy (non-hydrogen) atoms. The minimum Gasteiger partial charge on any atom is -0.267 e. The topological polar surface area (TPSA) is 54.4 Å². The van der Waals surface area contributed by atoms with Gasteiger partial charge in [-0.1, -0.05) is 46.3 Å². The maximum Gasteiger partial charge on any atom is 0.272 e. The molecule has 0 fully saturated rings. The molecule has 5 heteroatoms. The number of hydrogen-bond donors (Lipinski definition) is 1. The third-order valence-electron chi connectivity index (χ3n) is 3.68. The Hall–Kier alpha value is -2.53. The van der Waals surface area contributed by atoms with Crippen molar-refractivity contribution in [1.29, 1.82) is 0 Å². The SMILES string of the molecule is C/C(=N\NC(=O)c1cc(C)nc2ccccc12)c1ccc(Br)cc1. The molecule has 0 bridgehead atoms. The first-order valence-electron chi connectivity index (χ1n) is 7.51. The number of halogens is 1. The molecule has 2 aromatic carbocycles.